The first-order valence-electron chi connectivity index (χ1n) is 8.53. The molecule has 1 aliphatic rings. The fourth-order valence-corrected chi connectivity index (χ4v) is 4.40. The van der Waals surface area contributed by atoms with E-state index in [-0.39, 0.29) is 5.41 Å². The van der Waals surface area contributed by atoms with Gasteiger partial charge in [-0.25, -0.2) is 0 Å². The maximum absolute atomic E-state index is 6.21. The van der Waals surface area contributed by atoms with Crippen molar-refractivity contribution in [3.63, 3.8) is 0 Å². The van der Waals surface area contributed by atoms with Crippen LogP contribution in [0, 0.1) is 11.3 Å². The third-order valence-electron chi connectivity index (χ3n) is 5.41. The topological polar surface area (TPSA) is 43.8 Å². The predicted molar refractivity (Wildman–Crippen MR) is 92.4 cm³/mol. The zero-order valence-electron chi connectivity index (χ0n) is 13.8. The second kappa shape index (κ2) is 7.28. The van der Waals surface area contributed by atoms with Crippen LogP contribution in [-0.2, 0) is 19.4 Å². The van der Waals surface area contributed by atoms with Gasteiger partial charge in [0.1, 0.15) is 0 Å². The number of rotatable bonds is 6. The molecule has 21 heavy (non-hydrogen) atoms. The molecule has 0 aromatic carbocycles. The number of nitrogens with two attached hydrogens (primary N) is 1. The summed E-state index contributed by atoms with van der Waals surface area (Å²) in [4.78, 5) is 0. The summed E-state index contributed by atoms with van der Waals surface area (Å²) >= 11 is 3.78. The Balaban J connectivity index is 2.21. The fourth-order valence-electron chi connectivity index (χ4n) is 3.69. The molecule has 0 saturated heterocycles. The molecule has 0 radical (unpaired) electrons. The van der Waals surface area contributed by atoms with E-state index in [1.807, 2.05) is 0 Å². The zero-order chi connectivity index (χ0) is 15.5. The summed E-state index contributed by atoms with van der Waals surface area (Å²) in [5.41, 5.74) is 9.03. The second-order valence-electron chi connectivity index (χ2n) is 6.61. The highest BCUT2D eigenvalue weighted by molar-refractivity contribution is 9.10. The maximum atomic E-state index is 6.21. The van der Waals surface area contributed by atoms with E-state index >= 15 is 0 Å². The van der Waals surface area contributed by atoms with E-state index in [4.69, 9.17) is 10.8 Å². The molecule has 1 aliphatic carbocycles. The first-order chi connectivity index (χ1) is 10.1. The first kappa shape index (κ1) is 17.0. The Morgan fingerprint density at radius 1 is 1.29 bits per heavy atom. The van der Waals surface area contributed by atoms with Crippen molar-refractivity contribution in [1.29, 1.82) is 0 Å². The Hall–Kier alpha value is -0.350. The fraction of sp³-hybridized carbons (Fsp3) is 0.824. The molecule has 4 heteroatoms. The van der Waals surface area contributed by atoms with Crippen LogP contribution >= 0.6 is 15.9 Å². The summed E-state index contributed by atoms with van der Waals surface area (Å²) in [5.74, 6) is 0.912. The molecule has 0 amide bonds. The van der Waals surface area contributed by atoms with Gasteiger partial charge in [0.25, 0.3) is 0 Å². The van der Waals surface area contributed by atoms with E-state index in [9.17, 15) is 0 Å². The zero-order valence-corrected chi connectivity index (χ0v) is 15.4. The summed E-state index contributed by atoms with van der Waals surface area (Å²) in [5, 5.41) is 4.74. The Morgan fingerprint density at radius 3 is 2.43 bits per heavy atom. The molecular formula is C17H30BrN3. The highest BCUT2D eigenvalue weighted by Gasteiger charge is 2.35. The van der Waals surface area contributed by atoms with E-state index in [0.717, 1.165) is 31.8 Å². The Labute approximate surface area is 137 Å². The van der Waals surface area contributed by atoms with Crippen molar-refractivity contribution in [2.75, 3.05) is 6.54 Å². The summed E-state index contributed by atoms with van der Waals surface area (Å²) in [7, 11) is 0. The lowest BCUT2D eigenvalue weighted by atomic mass is 9.67. The van der Waals surface area contributed by atoms with E-state index in [2.05, 4.69) is 41.4 Å². The number of aromatic nitrogens is 2. The van der Waals surface area contributed by atoms with Crippen LogP contribution in [0.2, 0.25) is 0 Å². The van der Waals surface area contributed by atoms with Crippen molar-refractivity contribution in [3.8, 4) is 0 Å². The summed E-state index contributed by atoms with van der Waals surface area (Å²) in [6, 6.07) is 0. The molecule has 1 fully saturated rings. The van der Waals surface area contributed by atoms with Gasteiger partial charge >= 0.3 is 0 Å². The van der Waals surface area contributed by atoms with Crippen LogP contribution in [0.25, 0.3) is 0 Å². The highest BCUT2D eigenvalue weighted by Crippen LogP contribution is 2.43. The van der Waals surface area contributed by atoms with Gasteiger partial charge in [-0.2, -0.15) is 5.10 Å². The minimum Gasteiger partial charge on any atom is -0.330 e. The molecule has 1 heterocycles. The molecule has 0 aliphatic heterocycles. The van der Waals surface area contributed by atoms with Gasteiger partial charge in [0.05, 0.1) is 15.9 Å². The smallest absolute Gasteiger partial charge is 0.0766 e. The first-order valence-corrected chi connectivity index (χ1v) is 9.32. The van der Waals surface area contributed by atoms with Crippen molar-refractivity contribution >= 4 is 15.9 Å². The number of nitrogens with zero attached hydrogens (tertiary/aromatic N) is 2. The SMILES string of the molecule is CCc1nn(CC)c(CC2(CN)CCC(CC)CC2)c1Br. The standard InChI is InChI=1S/C17H30BrN3/c1-4-13-7-9-17(12-19,10-8-13)11-15-16(18)14(5-2)20-21(15)6-3/h13H,4-12,19H2,1-3H3. The molecule has 1 aromatic heterocycles. The van der Waals surface area contributed by atoms with E-state index < -0.39 is 0 Å². The summed E-state index contributed by atoms with van der Waals surface area (Å²) < 4.78 is 3.39. The Kier molecular flexibility index (Phi) is 5.89. The largest absolute Gasteiger partial charge is 0.330 e. The number of hydrogen-bond donors (Lipinski definition) is 1. The van der Waals surface area contributed by atoms with E-state index in [0.29, 0.717) is 0 Å². The lowest BCUT2D eigenvalue weighted by molar-refractivity contribution is 0.150. The van der Waals surface area contributed by atoms with Crippen LogP contribution in [0.15, 0.2) is 4.47 Å². The average Bonchev–Trinajstić information content (AvgIpc) is 2.83. The summed E-state index contributed by atoms with van der Waals surface area (Å²) in [6.07, 6.45) is 8.58. The van der Waals surface area contributed by atoms with Gasteiger partial charge in [0.15, 0.2) is 0 Å². The number of hydrogen-bond acceptors (Lipinski definition) is 2. The van der Waals surface area contributed by atoms with Crippen molar-refractivity contribution < 1.29 is 0 Å². The Morgan fingerprint density at radius 2 is 1.95 bits per heavy atom. The van der Waals surface area contributed by atoms with Crippen molar-refractivity contribution in [2.45, 2.75) is 72.3 Å². The molecule has 2 N–H and O–H groups in total. The molecular weight excluding hydrogens is 326 g/mol. The average molecular weight is 356 g/mol. The normalized spacial score (nSPS) is 26.2. The predicted octanol–water partition coefficient (Wildman–Crippen LogP) is 4.32. The molecule has 1 aromatic rings. The summed E-state index contributed by atoms with van der Waals surface area (Å²) in [6.45, 7) is 8.39. The van der Waals surface area contributed by atoms with Gasteiger partial charge in [-0.3, -0.25) is 4.68 Å². The monoisotopic (exact) mass is 355 g/mol. The van der Waals surface area contributed by atoms with E-state index in [1.165, 1.54) is 48.0 Å². The van der Waals surface area contributed by atoms with Gasteiger partial charge in [-0.1, -0.05) is 20.3 Å². The molecule has 0 unspecified atom stereocenters. The number of halogens is 1. The van der Waals surface area contributed by atoms with Gasteiger partial charge < -0.3 is 5.73 Å². The van der Waals surface area contributed by atoms with Crippen LogP contribution < -0.4 is 5.73 Å². The quantitative estimate of drug-likeness (QED) is 0.825. The second-order valence-corrected chi connectivity index (χ2v) is 7.40. The molecule has 0 spiro atoms. The minimum atomic E-state index is 0.284. The molecule has 120 valence electrons. The van der Waals surface area contributed by atoms with Gasteiger partial charge in [-0.15, -0.1) is 0 Å². The van der Waals surface area contributed by atoms with Crippen LogP contribution in [0.5, 0.6) is 0 Å². The van der Waals surface area contributed by atoms with Crippen LogP contribution in [0.1, 0.15) is 64.3 Å². The highest BCUT2D eigenvalue weighted by atomic mass is 79.9. The van der Waals surface area contributed by atoms with Gasteiger partial charge in [-0.05, 0) is 79.3 Å². The van der Waals surface area contributed by atoms with Crippen LogP contribution in [-0.4, -0.2) is 16.3 Å². The van der Waals surface area contributed by atoms with Crippen molar-refractivity contribution in [1.82, 2.24) is 9.78 Å². The Bertz CT molecular complexity index is 459. The maximum Gasteiger partial charge on any atom is 0.0766 e. The lowest BCUT2D eigenvalue weighted by Gasteiger charge is -2.39. The van der Waals surface area contributed by atoms with Gasteiger partial charge in [0.2, 0.25) is 0 Å². The molecule has 0 bridgehead atoms. The molecule has 2 rings (SSSR count). The molecule has 0 atom stereocenters. The third-order valence-corrected chi connectivity index (χ3v) is 6.33. The number of aryl methyl sites for hydroxylation is 2. The molecule has 3 nitrogen and oxygen atoms in total. The van der Waals surface area contributed by atoms with Crippen LogP contribution in [0.3, 0.4) is 0 Å². The van der Waals surface area contributed by atoms with Crippen molar-refractivity contribution in [3.05, 3.63) is 15.9 Å². The molecule has 1 saturated carbocycles. The van der Waals surface area contributed by atoms with Crippen LogP contribution in [0.4, 0.5) is 0 Å². The lowest BCUT2D eigenvalue weighted by Crippen LogP contribution is -2.37. The van der Waals surface area contributed by atoms with Crippen molar-refractivity contribution in [2.24, 2.45) is 17.1 Å². The minimum absolute atomic E-state index is 0.284. The van der Waals surface area contributed by atoms with Gasteiger partial charge in [0, 0.05) is 6.54 Å². The van der Waals surface area contributed by atoms with E-state index in [1.54, 1.807) is 0 Å². The third kappa shape index (κ3) is 3.53.